The van der Waals surface area contributed by atoms with E-state index in [0.717, 1.165) is 17.3 Å². The van der Waals surface area contributed by atoms with Crippen molar-refractivity contribution < 1.29 is 4.52 Å². The summed E-state index contributed by atoms with van der Waals surface area (Å²) in [5.74, 6) is 1.19. The normalized spacial score (nSPS) is 10.2. The van der Waals surface area contributed by atoms with E-state index in [4.69, 9.17) is 33.0 Å². The van der Waals surface area contributed by atoms with Crippen LogP contribution in [0.5, 0.6) is 0 Å². The van der Waals surface area contributed by atoms with E-state index in [2.05, 4.69) is 10.1 Å². The molecule has 17 heavy (non-hydrogen) atoms. The molecule has 86 valence electrons. The Kier molecular flexibility index (Phi) is 3.89. The fourth-order valence-electron chi connectivity index (χ4n) is 1.16. The Morgan fingerprint density at radius 2 is 2.18 bits per heavy atom. The van der Waals surface area contributed by atoms with Gasteiger partial charge < -0.3 is 4.52 Å². The number of hydrogen-bond donors (Lipinski definition) is 0. The van der Waals surface area contributed by atoms with Gasteiger partial charge in [0.15, 0.2) is 0 Å². The summed E-state index contributed by atoms with van der Waals surface area (Å²) in [7, 11) is 0. The first-order valence-electron chi connectivity index (χ1n) is 4.49. The number of rotatable bonds is 3. The molecule has 1 aromatic heterocycles. The number of benzene rings is 1. The first-order chi connectivity index (χ1) is 8.20. The third-order valence-electron chi connectivity index (χ3n) is 1.91. The van der Waals surface area contributed by atoms with E-state index >= 15 is 0 Å². The number of thioether (sulfide) groups is 1. The highest BCUT2D eigenvalue weighted by molar-refractivity contribution is 8.02. The Labute approximate surface area is 112 Å². The van der Waals surface area contributed by atoms with Crippen molar-refractivity contribution in [1.29, 1.82) is 5.26 Å². The van der Waals surface area contributed by atoms with Crippen LogP contribution in [-0.4, -0.2) is 10.1 Å². The van der Waals surface area contributed by atoms with Crippen molar-refractivity contribution in [3.8, 4) is 16.8 Å². The molecule has 1 aromatic carbocycles. The smallest absolute Gasteiger partial charge is 0.238 e. The van der Waals surface area contributed by atoms with E-state index in [1.165, 1.54) is 0 Å². The fourth-order valence-corrected chi connectivity index (χ4v) is 1.76. The van der Waals surface area contributed by atoms with E-state index in [-0.39, 0.29) is 0 Å². The van der Waals surface area contributed by atoms with Crippen LogP contribution in [0.4, 0.5) is 0 Å². The topological polar surface area (TPSA) is 62.7 Å². The zero-order valence-electron chi connectivity index (χ0n) is 8.35. The van der Waals surface area contributed by atoms with Crippen molar-refractivity contribution in [3.63, 3.8) is 0 Å². The summed E-state index contributed by atoms with van der Waals surface area (Å²) in [6.07, 6.45) is 0. The Morgan fingerprint density at radius 3 is 2.88 bits per heavy atom. The molecule has 0 aliphatic heterocycles. The van der Waals surface area contributed by atoms with Crippen LogP contribution in [0.25, 0.3) is 11.4 Å². The van der Waals surface area contributed by atoms with Gasteiger partial charge in [-0.25, -0.2) is 0 Å². The predicted molar refractivity (Wildman–Crippen MR) is 66.7 cm³/mol. The minimum absolute atomic E-state index is 0.366. The maximum absolute atomic E-state index is 8.41. The number of halogens is 2. The molecule has 0 atom stereocenters. The minimum atomic E-state index is 0.366. The lowest BCUT2D eigenvalue weighted by atomic mass is 10.2. The summed E-state index contributed by atoms with van der Waals surface area (Å²) in [5, 5.41) is 15.0. The second-order valence-electron chi connectivity index (χ2n) is 3.02. The van der Waals surface area contributed by atoms with Crippen molar-refractivity contribution in [2.45, 2.75) is 5.75 Å². The van der Waals surface area contributed by atoms with Crippen molar-refractivity contribution in [2.24, 2.45) is 0 Å². The van der Waals surface area contributed by atoms with Gasteiger partial charge in [-0.1, -0.05) is 28.4 Å². The molecule has 0 radical (unpaired) electrons. The van der Waals surface area contributed by atoms with Gasteiger partial charge in [0.2, 0.25) is 11.7 Å². The number of nitriles is 1. The van der Waals surface area contributed by atoms with Gasteiger partial charge in [0.25, 0.3) is 0 Å². The number of aromatic nitrogens is 2. The molecule has 0 fully saturated rings. The van der Waals surface area contributed by atoms with Crippen LogP contribution in [0.3, 0.4) is 0 Å². The molecule has 1 heterocycles. The molecule has 0 amide bonds. The van der Waals surface area contributed by atoms with Crippen molar-refractivity contribution in [3.05, 3.63) is 34.1 Å². The van der Waals surface area contributed by atoms with E-state index < -0.39 is 0 Å². The number of hydrogen-bond acceptors (Lipinski definition) is 5. The molecule has 0 saturated heterocycles. The Bertz CT molecular complexity index is 579. The van der Waals surface area contributed by atoms with Crippen LogP contribution in [0.2, 0.25) is 10.0 Å². The third kappa shape index (κ3) is 2.91. The number of nitrogens with zero attached hydrogens (tertiary/aromatic N) is 3. The van der Waals surface area contributed by atoms with Crippen molar-refractivity contribution in [1.82, 2.24) is 10.1 Å². The van der Waals surface area contributed by atoms with Crippen molar-refractivity contribution >= 4 is 35.0 Å². The fraction of sp³-hybridized carbons (Fsp3) is 0.100. The second-order valence-corrected chi connectivity index (χ2v) is 4.59. The summed E-state index contributed by atoms with van der Waals surface area (Å²) in [6.45, 7) is 0. The molecule has 2 rings (SSSR count). The van der Waals surface area contributed by atoms with Crippen LogP contribution in [-0.2, 0) is 5.75 Å². The number of thiocyanates is 1. The Morgan fingerprint density at radius 1 is 1.35 bits per heavy atom. The quantitative estimate of drug-likeness (QED) is 0.804. The molecule has 7 heteroatoms. The summed E-state index contributed by atoms with van der Waals surface area (Å²) in [5.41, 5.74) is 0.719. The Hall–Kier alpha value is -1.22. The van der Waals surface area contributed by atoms with Gasteiger partial charge in [-0.2, -0.15) is 10.2 Å². The molecule has 0 aliphatic carbocycles. The van der Waals surface area contributed by atoms with Crippen LogP contribution in [0.15, 0.2) is 22.7 Å². The summed E-state index contributed by atoms with van der Waals surface area (Å²) >= 11 is 12.7. The van der Waals surface area contributed by atoms with Crippen LogP contribution in [0, 0.1) is 10.7 Å². The lowest BCUT2D eigenvalue weighted by Crippen LogP contribution is -1.82. The van der Waals surface area contributed by atoms with Gasteiger partial charge in [-0.05, 0) is 30.0 Å². The molecular weight excluding hydrogens is 281 g/mol. The summed E-state index contributed by atoms with van der Waals surface area (Å²) in [6, 6.07) is 5.08. The Balaban J connectivity index is 2.25. The van der Waals surface area contributed by atoms with Gasteiger partial charge in [0.1, 0.15) is 5.40 Å². The lowest BCUT2D eigenvalue weighted by Gasteiger charge is -1.97. The molecule has 0 saturated carbocycles. The highest BCUT2D eigenvalue weighted by Gasteiger charge is 2.10. The van der Waals surface area contributed by atoms with Gasteiger partial charge in [0.05, 0.1) is 15.8 Å². The molecular formula is C10H5Cl2N3OS. The van der Waals surface area contributed by atoms with Gasteiger partial charge >= 0.3 is 0 Å². The van der Waals surface area contributed by atoms with Gasteiger partial charge in [-0.15, -0.1) is 0 Å². The van der Waals surface area contributed by atoms with E-state index in [1.807, 2.05) is 5.40 Å². The minimum Gasteiger partial charge on any atom is -0.338 e. The average molecular weight is 286 g/mol. The standard InChI is InChI=1S/C10H5Cl2N3OS/c11-7-2-1-6(3-8(7)12)10-14-9(16-15-10)4-17-5-13/h1-3H,4H2. The largest absolute Gasteiger partial charge is 0.338 e. The average Bonchev–Trinajstić information content (AvgIpc) is 2.79. The van der Waals surface area contributed by atoms with Gasteiger partial charge in [0, 0.05) is 5.56 Å². The lowest BCUT2D eigenvalue weighted by molar-refractivity contribution is 0.392. The van der Waals surface area contributed by atoms with Crippen LogP contribution in [0.1, 0.15) is 5.89 Å². The highest BCUT2D eigenvalue weighted by atomic mass is 35.5. The van der Waals surface area contributed by atoms with Crippen LogP contribution < -0.4 is 0 Å². The first-order valence-corrected chi connectivity index (χ1v) is 6.24. The van der Waals surface area contributed by atoms with E-state index in [9.17, 15) is 0 Å². The zero-order valence-corrected chi connectivity index (χ0v) is 10.7. The molecule has 0 unspecified atom stereocenters. The highest BCUT2D eigenvalue weighted by Crippen LogP contribution is 2.27. The zero-order chi connectivity index (χ0) is 12.3. The monoisotopic (exact) mass is 285 g/mol. The molecule has 0 bridgehead atoms. The second kappa shape index (κ2) is 5.41. The van der Waals surface area contributed by atoms with Gasteiger partial charge in [-0.3, -0.25) is 0 Å². The molecule has 0 spiro atoms. The maximum atomic E-state index is 8.41. The molecule has 0 N–H and O–H groups in total. The van der Waals surface area contributed by atoms with E-state index in [0.29, 0.717) is 27.5 Å². The summed E-state index contributed by atoms with van der Waals surface area (Å²) < 4.78 is 4.98. The molecule has 2 aromatic rings. The van der Waals surface area contributed by atoms with Crippen molar-refractivity contribution in [2.75, 3.05) is 0 Å². The van der Waals surface area contributed by atoms with Crippen LogP contribution >= 0.6 is 35.0 Å². The summed E-state index contributed by atoms with van der Waals surface area (Å²) in [4.78, 5) is 4.14. The maximum Gasteiger partial charge on any atom is 0.238 e. The SMILES string of the molecule is N#CSCc1nc(-c2ccc(Cl)c(Cl)c2)no1. The van der Waals surface area contributed by atoms with E-state index in [1.54, 1.807) is 18.2 Å². The third-order valence-corrected chi connectivity index (χ3v) is 3.17. The first kappa shape index (κ1) is 12.2. The molecule has 0 aliphatic rings. The predicted octanol–water partition coefficient (Wildman–Crippen LogP) is 3.76. The molecule has 4 nitrogen and oxygen atoms in total.